The van der Waals surface area contributed by atoms with Crippen LogP contribution in [0, 0.1) is 0 Å². The van der Waals surface area contributed by atoms with Gasteiger partial charge in [-0.1, -0.05) is 0 Å². The minimum Gasteiger partial charge on any atom is -0.480 e. The van der Waals surface area contributed by atoms with Crippen LogP contribution in [0.15, 0.2) is 4.73 Å². The summed E-state index contributed by atoms with van der Waals surface area (Å²) >= 11 is 3.03. The van der Waals surface area contributed by atoms with Crippen molar-refractivity contribution in [3.8, 4) is 0 Å². The summed E-state index contributed by atoms with van der Waals surface area (Å²) in [7, 11) is 0. The van der Waals surface area contributed by atoms with Gasteiger partial charge in [-0.25, -0.2) is 9.48 Å². The van der Waals surface area contributed by atoms with Crippen LogP contribution in [0.5, 0.6) is 0 Å². The minimum absolute atomic E-state index is 0.0509. The van der Waals surface area contributed by atoms with Gasteiger partial charge in [-0.15, -0.1) is 5.10 Å². The Morgan fingerprint density at radius 2 is 2.42 bits per heavy atom. The average Bonchev–Trinajstić information content (AvgIpc) is 2.28. The van der Waals surface area contributed by atoms with E-state index in [0.717, 1.165) is 0 Å². The summed E-state index contributed by atoms with van der Waals surface area (Å²) in [6.45, 7) is 1.49. The molecule has 0 aliphatic rings. The number of carboxylic acids is 1. The first-order valence-electron chi connectivity index (χ1n) is 3.12. The third-order valence-electron chi connectivity index (χ3n) is 1.33. The van der Waals surface area contributed by atoms with Crippen LogP contribution in [0.2, 0.25) is 0 Å². The van der Waals surface area contributed by atoms with E-state index in [1.165, 1.54) is 11.6 Å². The van der Waals surface area contributed by atoms with Gasteiger partial charge in [-0.05, 0) is 22.9 Å². The van der Waals surface area contributed by atoms with Gasteiger partial charge >= 0.3 is 5.97 Å². The lowest BCUT2D eigenvalue weighted by molar-refractivity contribution is -0.140. The average molecular weight is 235 g/mol. The molecule has 0 saturated heterocycles. The molecule has 12 heavy (non-hydrogen) atoms. The van der Waals surface area contributed by atoms with Crippen molar-refractivity contribution in [2.45, 2.75) is 13.0 Å². The quantitative estimate of drug-likeness (QED) is 0.767. The predicted octanol–water partition coefficient (Wildman–Crippen LogP) is 0.268. The SMILES string of the molecule is CC(C(=O)O)n1nc(N)nc1Br. The number of anilines is 1. The molecule has 0 amide bonds. The van der Waals surface area contributed by atoms with E-state index < -0.39 is 12.0 Å². The Hall–Kier alpha value is -1.11. The highest BCUT2D eigenvalue weighted by molar-refractivity contribution is 9.10. The second-order valence-corrected chi connectivity index (χ2v) is 2.91. The van der Waals surface area contributed by atoms with Gasteiger partial charge in [-0.3, -0.25) is 0 Å². The summed E-state index contributed by atoms with van der Waals surface area (Å²) in [5.74, 6) is -0.935. The molecule has 0 spiro atoms. The van der Waals surface area contributed by atoms with Crippen molar-refractivity contribution in [1.29, 1.82) is 0 Å². The Bertz CT molecular complexity index is 310. The van der Waals surface area contributed by atoms with Gasteiger partial charge in [0.1, 0.15) is 6.04 Å². The molecule has 66 valence electrons. The number of halogens is 1. The molecule has 6 nitrogen and oxygen atoms in total. The van der Waals surface area contributed by atoms with E-state index in [1.807, 2.05) is 0 Å². The molecule has 1 atom stereocenters. The van der Waals surface area contributed by atoms with Crippen LogP contribution in [0.4, 0.5) is 5.95 Å². The smallest absolute Gasteiger partial charge is 0.328 e. The van der Waals surface area contributed by atoms with E-state index in [4.69, 9.17) is 10.8 Å². The third-order valence-corrected chi connectivity index (χ3v) is 1.87. The zero-order valence-electron chi connectivity index (χ0n) is 6.23. The van der Waals surface area contributed by atoms with Crippen molar-refractivity contribution in [2.24, 2.45) is 0 Å². The van der Waals surface area contributed by atoms with Crippen molar-refractivity contribution in [2.75, 3.05) is 5.73 Å². The van der Waals surface area contributed by atoms with E-state index in [-0.39, 0.29) is 5.95 Å². The van der Waals surface area contributed by atoms with E-state index in [0.29, 0.717) is 4.73 Å². The van der Waals surface area contributed by atoms with E-state index in [1.54, 1.807) is 0 Å². The fourth-order valence-corrected chi connectivity index (χ4v) is 1.24. The number of nitrogen functional groups attached to an aromatic ring is 1. The van der Waals surface area contributed by atoms with Gasteiger partial charge in [0.15, 0.2) is 4.73 Å². The monoisotopic (exact) mass is 234 g/mol. The highest BCUT2D eigenvalue weighted by Crippen LogP contribution is 2.14. The highest BCUT2D eigenvalue weighted by Gasteiger charge is 2.17. The molecule has 0 aliphatic heterocycles. The summed E-state index contributed by atoms with van der Waals surface area (Å²) in [5, 5.41) is 12.3. The van der Waals surface area contributed by atoms with Crippen molar-refractivity contribution in [3.63, 3.8) is 0 Å². The van der Waals surface area contributed by atoms with Crippen LogP contribution in [0.1, 0.15) is 13.0 Å². The number of carbonyl (C=O) groups is 1. The summed E-state index contributed by atoms with van der Waals surface area (Å²) < 4.78 is 1.51. The summed E-state index contributed by atoms with van der Waals surface area (Å²) in [6.07, 6.45) is 0. The molecule has 1 unspecified atom stereocenters. The molecular formula is C5H7BrN4O2. The molecule has 0 saturated carbocycles. The van der Waals surface area contributed by atoms with E-state index in [9.17, 15) is 4.79 Å². The van der Waals surface area contributed by atoms with Crippen LogP contribution in [0.3, 0.4) is 0 Å². The molecule has 1 aromatic rings. The van der Waals surface area contributed by atoms with Gasteiger partial charge in [0, 0.05) is 0 Å². The molecule has 0 bridgehead atoms. The van der Waals surface area contributed by atoms with Gasteiger partial charge in [0.2, 0.25) is 5.95 Å². The number of aromatic nitrogens is 3. The molecule has 0 aliphatic carbocycles. The lowest BCUT2D eigenvalue weighted by Gasteiger charge is -2.05. The first-order valence-corrected chi connectivity index (χ1v) is 3.92. The lowest BCUT2D eigenvalue weighted by atomic mass is 10.4. The molecule has 1 aromatic heterocycles. The first-order chi connectivity index (χ1) is 5.52. The van der Waals surface area contributed by atoms with Crippen LogP contribution >= 0.6 is 15.9 Å². The van der Waals surface area contributed by atoms with Crippen LogP contribution < -0.4 is 5.73 Å². The molecule has 1 rings (SSSR count). The van der Waals surface area contributed by atoms with E-state index >= 15 is 0 Å². The number of nitrogens with zero attached hydrogens (tertiary/aromatic N) is 3. The van der Waals surface area contributed by atoms with Crippen molar-refractivity contribution < 1.29 is 9.90 Å². The minimum atomic E-state index is -0.986. The van der Waals surface area contributed by atoms with Gasteiger partial charge in [0.05, 0.1) is 0 Å². The summed E-state index contributed by atoms with van der Waals surface area (Å²) in [6, 6.07) is -0.774. The second kappa shape index (κ2) is 3.10. The van der Waals surface area contributed by atoms with Gasteiger partial charge in [0.25, 0.3) is 0 Å². The van der Waals surface area contributed by atoms with Crippen LogP contribution in [0.25, 0.3) is 0 Å². The molecule has 0 radical (unpaired) electrons. The predicted molar refractivity (Wildman–Crippen MR) is 44.5 cm³/mol. The standard InChI is InChI=1S/C5H7BrN4O2/c1-2(3(11)12)10-4(6)8-5(7)9-10/h2H,1H3,(H2,7,9)(H,11,12). The molecule has 0 fully saturated rings. The molecular weight excluding hydrogens is 228 g/mol. The van der Waals surface area contributed by atoms with E-state index in [2.05, 4.69) is 26.0 Å². The topological polar surface area (TPSA) is 94.0 Å². The number of rotatable bonds is 2. The molecule has 1 heterocycles. The lowest BCUT2D eigenvalue weighted by Crippen LogP contribution is -2.17. The summed E-state index contributed by atoms with van der Waals surface area (Å²) in [5.41, 5.74) is 5.25. The maximum absolute atomic E-state index is 10.5. The Balaban J connectivity index is 3.02. The summed E-state index contributed by atoms with van der Waals surface area (Å²) in [4.78, 5) is 14.2. The maximum atomic E-state index is 10.5. The normalized spacial score (nSPS) is 12.8. The largest absolute Gasteiger partial charge is 0.480 e. The number of hydrogen-bond donors (Lipinski definition) is 2. The highest BCUT2D eigenvalue weighted by atomic mass is 79.9. The number of hydrogen-bond acceptors (Lipinski definition) is 4. The zero-order chi connectivity index (χ0) is 9.30. The third kappa shape index (κ3) is 1.55. The second-order valence-electron chi connectivity index (χ2n) is 2.20. The maximum Gasteiger partial charge on any atom is 0.328 e. The molecule has 3 N–H and O–H groups in total. The van der Waals surface area contributed by atoms with Crippen molar-refractivity contribution in [3.05, 3.63) is 4.73 Å². The Morgan fingerprint density at radius 3 is 2.75 bits per heavy atom. The van der Waals surface area contributed by atoms with Gasteiger partial charge < -0.3 is 10.8 Å². The number of carboxylic acid groups (broad SMARTS) is 1. The van der Waals surface area contributed by atoms with Crippen LogP contribution in [-0.4, -0.2) is 25.8 Å². The Morgan fingerprint density at radius 1 is 1.83 bits per heavy atom. The van der Waals surface area contributed by atoms with Crippen LogP contribution in [-0.2, 0) is 4.79 Å². The Kier molecular flexibility index (Phi) is 2.32. The molecule has 7 heteroatoms. The number of aliphatic carboxylic acids is 1. The van der Waals surface area contributed by atoms with Crippen molar-refractivity contribution in [1.82, 2.24) is 14.8 Å². The fourth-order valence-electron chi connectivity index (χ4n) is 0.671. The first kappa shape index (κ1) is 8.98. The fraction of sp³-hybridized carbons (Fsp3) is 0.400. The zero-order valence-corrected chi connectivity index (χ0v) is 7.82. The van der Waals surface area contributed by atoms with Gasteiger partial charge in [-0.2, -0.15) is 4.98 Å². The van der Waals surface area contributed by atoms with Crippen molar-refractivity contribution >= 4 is 27.8 Å². The number of nitrogens with two attached hydrogens (primary N) is 1. The molecule has 0 aromatic carbocycles. The Labute approximate surface area is 76.5 Å².